The van der Waals surface area contributed by atoms with Gasteiger partial charge in [0.15, 0.2) is 0 Å². The Morgan fingerprint density at radius 2 is 1.74 bits per heavy atom. The fraction of sp³-hybridized carbons (Fsp3) is 0.500. The molecule has 7 heteroatoms. The Bertz CT molecular complexity index is 521. The Kier molecular flexibility index (Phi) is 9.12. The van der Waals surface area contributed by atoms with E-state index in [1.807, 2.05) is 6.07 Å². The Morgan fingerprint density at radius 3 is 2.39 bits per heavy atom. The van der Waals surface area contributed by atoms with Crippen LogP contribution in [0.2, 0.25) is 0 Å². The summed E-state index contributed by atoms with van der Waals surface area (Å²) >= 11 is 3.36. The summed E-state index contributed by atoms with van der Waals surface area (Å²) in [4.78, 5) is 26.3. The van der Waals surface area contributed by atoms with Gasteiger partial charge in [0.1, 0.15) is 11.4 Å². The van der Waals surface area contributed by atoms with Gasteiger partial charge in [-0.3, -0.25) is 9.59 Å². The normalized spacial score (nSPS) is 10.0. The molecule has 0 aliphatic heterocycles. The second-order valence-electron chi connectivity index (χ2n) is 4.94. The minimum atomic E-state index is -0.427. The number of halogens is 1. The van der Waals surface area contributed by atoms with Gasteiger partial charge in [0.05, 0.1) is 13.2 Å². The van der Waals surface area contributed by atoms with Crippen molar-refractivity contribution in [3.8, 4) is 5.75 Å². The van der Waals surface area contributed by atoms with Crippen LogP contribution in [0.1, 0.15) is 39.5 Å². The second-order valence-corrected chi connectivity index (χ2v) is 5.85. The van der Waals surface area contributed by atoms with Crippen LogP contribution in [0.5, 0.6) is 5.75 Å². The molecule has 1 rings (SSSR count). The Morgan fingerprint density at radius 1 is 1.04 bits per heavy atom. The van der Waals surface area contributed by atoms with E-state index >= 15 is 0 Å². The predicted octanol–water partition coefficient (Wildman–Crippen LogP) is 3.84. The van der Waals surface area contributed by atoms with E-state index < -0.39 is 5.97 Å². The molecule has 128 valence electrons. The smallest absolute Gasteiger partial charge is 0.329 e. The van der Waals surface area contributed by atoms with Gasteiger partial charge in [0.2, 0.25) is 0 Å². The number of carbonyl (C=O) groups excluding carboxylic acids is 2. The first-order valence-corrected chi connectivity index (χ1v) is 8.27. The van der Waals surface area contributed by atoms with Crippen molar-refractivity contribution < 1.29 is 23.9 Å². The number of hydrogen-bond acceptors (Lipinski definition) is 6. The molecule has 0 atom stereocenters. The molecular weight excluding hydrogens is 366 g/mol. The van der Waals surface area contributed by atoms with Crippen LogP contribution in [-0.4, -0.2) is 25.2 Å². The molecule has 0 radical (unpaired) electrons. The van der Waals surface area contributed by atoms with Gasteiger partial charge >= 0.3 is 11.9 Å². The third-order valence-electron chi connectivity index (χ3n) is 2.85. The number of rotatable bonds is 10. The van der Waals surface area contributed by atoms with Crippen LogP contribution in [-0.2, 0) is 19.2 Å². The molecular formula is C16H22BrNO5. The highest BCUT2D eigenvalue weighted by Gasteiger charge is 2.06. The van der Waals surface area contributed by atoms with E-state index in [-0.39, 0.29) is 5.97 Å². The van der Waals surface area contributed by atoms with Crippen LogP contribution in [0, 0.1) is 0 Å². The lowest BCUT2D eigenvalue weighted by molar-refractivity contribution is -0.141. The number of carbonyl (C=O) groups is 2. The minimum absolute atomic E-state index is 0.239. The van der Waals surface area contributed by atoms with E-state index in [0.29, 0.717) is 24.7 Å². The molecule has 0 aliphatic rings. The first-order valence-electron chi connectivity index (χ1n) is 7.48. The number of benzene rings is 1. The van der Waals surface area contributed by atoms with E-state index in [1.54, 1.807) is 12.1 Å². The fourth-order valence-corrected chi connectivity index (χ4v) is 2.15. The summed E-state index contributed by atoms with van der Waals surface area (Å²) in [5.74, 6) is -0.0468. The maximum Gasteiger partial charge on any atom is 0.329 e. The highest BCUT2D eigenvalue weighted by Crippen LogP contribution is 2.28. The summed E-state index contributed by atoms with van der Waals surface area (Å²) in [6.45, 7) is 3.76. The van der Waals surface area contributed by atoms with Crippen molar-refractivity contribution >= 4 is 33.6 Å². The monoisotopic (exact) mass is 387 g/mol. The summed E-state index contributed by atoms with van der Waals surface area (Å²) < 4.78 is 11.4. The van der Waals surface area contributed by atoms with Gasteiger partial charge in [-0.15, -0.1) is 0 Å². The fourth-order valence-electron chi connectivity index (χ4n) is 1.79. The zero-order valence-electron chi connectivity index (χ0n) is 13.4. The van der Waals surface area contributed by atoms with Gasteiger partial charge in [0.25, 0.3) is 0 Å². The Hall–Kier alpha value is -1.76. The summed E-state index contributed by atoms with van der Waals surface area (Å²) in [5, 5.41) is 0. The van der Waals surface area contributed by atoms with Crippen LogP contribution in [0.15, 0.2) is 22.7 Å². The van der Waals surface area contributed by atoms with Crippen molar-refractivity contribution in [3.63, 3.8) is 0 Å². The lowest BCUT2D eigenvalue weighted by atomic mass is 10.2. The summed E-state index contributed by atoms with van der Waals surface area (Å²) in [6.07, 6.45) is 3.72. The number of esters is 1. The Balaban J connectivity index is 2.28. The average Bonchev–Trinajstić information content (AvgIpc) is 2.49. The summed E-state index contributed by atoms with van der Waals surface area (Å²) in [6, 6.07) is 5.43. The van der Waals surface area contributed by atoms with Crippen molar-refractivity contribution in [2.45, 2.75) is 39.5 Å². The van der Waals surface area contributed by atoms with Gasteiger partial charge in [-0.05, 0) is 43.9 Å². The molecule has 0 heterocycles. The van der Waals surface area contributed by atoms with Crippen LogP contribution >= 0.6 is 15.9 Å². The van der Waals surface area contributed by atoms with Crippen LogP contribution in [0.4, 0.5) is 5.69 Å². The van der Waals surface area contributed by atoms with Gasteiger partial charge in [-0.1, -0.05) is 15.9 Å². The summed E-state index contributed by atoms with van der Waals surface area (Å²) in [5.41, 5.74) is 3.17. The number of hydrogen-bond donors (Lipinski definition) is 1. The number of anilines is 1. The molecule has 1 aromatic carbocycles. The number of ether oxygens (including phenoxy) is 2. The molecule has 0 aliphatic carbocycles. The standard InChI is InChI=1S/C16H22BrNO5/c1-12(19)21-9-5-3-4-6-10-22-16-8-7-14(17)11-15(16)18-23-13(2)20/h7-8,11,18H,3-6,9-10H2,1-2H3. The largest absolute Gasteiger partial charge is 0.491 e. The summed E-state index contributed by atoms with van der Waals surface area (Å²) in [7, 11) is 0. The van der Waals surface area contributed by atoms with E-state index in [4.69, 9.17) is 14.3 Å². The third-order valence-corrected chi connectivity index (χ3v) is 3.34. The molecule has 1 aromatic rings. The van der Waals surface area contributed by atoms with Crippen LogP contribution in [0.25, 0.3) is 0 Å². The maximum absolute atomic E-state index is 10.9. The molecule has 0 amide bonds. The van der Waals surface area contributed by atoms with Crippen molar-refractivity contribution in [2.75, 3.05) is 18.7 Å². The molecule has 0 fully saturated rings. The molecule has 0 bridgehead atoms. The van der Waals surface area contributed by atoms with Gasteiger partial charge in [-0.25, -0.2) is 5.48 Å². The maximum atomic E-state index is 10.9. The van der Waals surface area contributed by atoms with E-state index in [2.05, 4.69) is 21.4 Å². The number of nitrogens with one attached hydrogen (secondary N) is 1. The van der Waals surface area contributed by atoms with E-state index in [1.165, 1.54) is 13.8 Å². The van der Waals surface area contributed by atoms with E-state index in [0.717, 1.165) is 30.2 Å². The molecule has 23 heavy (non-hydrogen) atoms. The first kappa shape index (κ1) is 19.3. The van der Waals surface area contributed by atoms with Gasteiger partial charge in [-0.2, -0.15) is 0 Å². The predicted molar refractivity (Wildman–Crippen MR) is 90.1 cm³/mol. The van der Waals surface area contributed by atoms with Crippen molar-refractivity contribution in [1.29, 1.82) is 0 Å². The minimum Gasteiger partial charge on any atom is -0.491 e. The third kappa shape index (κ3) is 9.07. The SMILES string of the molecule is CC(=O)OCCCCCCOc1ccc(Br)cc1NOC(C)=O. The van der Waals surface area contributed by atoms with Gasteiger partial charge < -0.3 is 14.3 Å². The van der Waals surface area contributed by atoms with Crippen LogP contribution < -0.4 is 10.2 Å². The van der Waals surface area contributed by atoms with Crippen molar-refractivity contribution in [3.05, 3.63) is 22.7 Å². The Labute approximate surface area is 144 Å². The highest BCUT2D eigenvalue weighted by atomic mass is 79.9. The van der Waals surface area contributed by atoms with Crippen molar-refractivity contribution in [1.82, 2.24) is 0 Å². The topological polar surface area (TPSA) is 73.9 Å². The molecule has 6 nitrogen and oxygen atoms in total. The molecule has 1 N–H and O–H groups in total. The highest BCUT2D eigenvalue weighted by molar-refractivity contribution is 9.10. The van der Waals surface area contributed by atoms with Gasteiger partial charge in [0, 0.05) is 18.3 Å². The zero-order valence-corrected chi connectivity index (χ0v) is 15.0. The lowest BCUT2D eigenvalue weighted by Crippen LogP contribution is -2.08. The molecule has 0 saturated carbocycles. The molecule has 0 spiro atoms. The zero-order chi connectivity index (χ0) is 17.1. The number of unbranched alkanes of at least 4 members (excludes halogenated alkanes) is 3. The average molecular weight is 388 g/mol. The lowest BCUT2D eigenvalue weighted by Gasteiger charge is -2.13. The quantitative estimate of drug-likeness (QED) is 0.373. The van der Waals surface area contributed by atoms with Crippen LogP contribution in [0.3, 0.4) is 0 Å². The molecule has 0 saturated heterocycles. The molecule has 0 aromatic heterocycles. The first-order chi connectivity index (χ1) is 11.0. The molecule has 0 unspecified atom stereocenters. The van der Waals surface area contributed by atoms with Crippen molar-refractivity contribution in [2.24, 2.45) is 0 Å². The van der Waals surface area contributed by atoms with E-state index in [9.17, 15) is 9.59 Å². The second kappa shape index (κ2) is 10.9.